The van der Waals surface area contributed by atoms with Crippen molar-refractivity contribution in [3.05, 3.63) is 0 Å². The zero-order chi connectivity index (χ0) is 31.9. The Balaban J connectivity index is 3.07. The van der Waals surface area contributed by atoms with E-state index in [0.29, 0.717) is 158 Å². The topological polar surface area (TPSA) is 154 Å². The zero-order valence-electron chi connectivity index (χ0n) is 27.2. The smallest absolute Gasteiger partial charge is 0.305 e. The Morgan fingerprint density at radius 1 is 0.386 bits per heavy atom. The predicted octanol–water partition coefficient (Wildman–Crippen LogP) is 1.25. The van der Waals surface area contributed by atoms with Crippen molar-refractivity contribution in [1.82, 2.24) is 0 Å². The lowest BCUT2D eigenvalue weighted by atomic mass is 10.2. The molecule has 0 saturated heterocycles. The van der Waals surface area contributed by atoms with E-state index < -0.39 is 0 Å². The van der Waals surface area contributed by atoms with Gasteiger partial charge in [0, 0.05) is 13.0 Å². The van der Waals surface area contributed by atoms with Gasteiger partial charge in [0.25, 0.3) is 0 Å². The molecule has 0 aliphatic heterocycles. The summed E-state index contributed by atoms with van der Waals surface area (Å²) in [5, 5.41) is 0. The molecule has 14 heteroatoms. The highest BCUT2D eigenvalue weighted by molar-refractivity contribution is 5.69. The lowest BCUT2D eigenvalue weighted by Crippen LogP contribution is -2.16. The SMILES string of the molecule is CCCCCC(=O)OCCOCCOCCOCCOCCOCCOCCOCCOCCOCCOCCOCCN. The molecular formula is C30H61NO13. The standard InChI is InChI=1S/C30H61NO13/c1-2-3-4-5-30(32)44-29-28-43-27-26-42-25-24-41-23-22-40-21-20-39-19-18-38-17-16-37-15-14-36-13-12-35-11-10-34-9-8-33-7-6-31/h2-29,31H2,1H3. The summed E-state index contributed by atoms with van der Waals surface area (Å²) >= 11 is 0. The molecule has 0 fully saturated rings. The lowest BCUT2D eigenvalue weighted by molar-refractivity contribution is -0.145. The number of esters is 1. The molecule has 0 atom stereocenters. The van der Waals surface area contributed by atoms with Gasteiger partial charge < -0.3 is 62.6 Å². The van der Waals surface area contributed by atoms with Crippen LogP contribution in [0.25, 0.3) is 0 Å². The van der Waals surface area contributed by atoms with Crippen LogP contribution in [0, 0.1) is 0 Å². The Labute approximate surface area is 264 Å². The van der Waals surface area contributed by atoms with Crippen molar-refractivity contribution in [3.63, 3.8) is 0 Å². The normalized spacial score (nSPS) is 11.4. The summed E-state index contributed by atoms with van der Waals surface area (Å²) in [6.45, 7) is 13.9. The first-order chi connectivity index (χ1) is 21.8. The van der Waals surface area contributed by atoms with E-state index in [9.17, 15) is 4.79 Å². The minimum Gasteiger partial charge on any atom is -0.463 e. The van der Waals surface area contributed by atoms with Crippen molar-refractivity contribution >= 4 is 5.97 Å². The first-order valence-corrected chi connectivity index (χ1v) is 16.0. The number of rotatable bonds is 39. The molecule has 0 aromatic heterocycles. The molecule has 0 aromatic carbocycles. The quantitative estimate of drug-likeness (QED) is 0.0755. The van der Waals surface area contributed by atoms with Crippen molar-refractivity contribution < 1.29 is 61.6 Å². The van der Waals surface area contributed by atoms with Gasteiger partial charge in [0.2, 0.25) is 0 Å². The summed E-state index contributed by atoms with van der Waals surface area (Å²) in [5.41, 5.74) is 5.33. The van der Waals surface area contributed by atoms with Crippen molar-refractivity contribution in [2.24, 2.45) is 5.73 Å². The molecule has 0 aliphatic rings. The second-order valence-corrected chi connectivity index (χ2v) is 9.20. The van der Waals surface area contributed by atoms with Gasteiger partial charge in [0.15, 0.2) is 0 Å². The van der Waals surface area contributed by atoms with Crippen LogP contribution in [-0.2, 0) is 61.6 Å². The largest absolute Gasteiger partial charge is 0.463 e. The van der Waals surface area contributed by atoms with E-state index >= 15 is 0 Å². The van der Waals surface area contributed by atoms with Gasteiger partial charge in [-0.05, 0) is 6.42 Å². The van der Waals surface area contributed by atoms with Gasteiger partial charge in [0.1, 0.15) is 6.61 Å². The van der Waals surface area contributed by atoms with Gasteiger partial charge in [0.05, 0.1) is 145 Å². The summed E-state index contributed by atoms with van der Waals surface area (Å²) in [7, 11) is 0. The number of carbonyl (C=O) groups is 1. The molecule has 0 aromatic rings. The highest BCUT2D eigenvalue weighted by Gasteiger charge is 2.02. The number of carbonyl (C=O) groups excluding carboxylic acids is 1. The molecule has 0 spiro atoms. The van der Waals surface area contributed by atoms with E-state index in [1.165, 1.54) is 0 Å². The molecule has 0 aliphatic carbocycles. The predicted molar refractivity (Wildman–Crippen MR) is 163 cm³/mol. The summed E-state index contributed by atoms with van der Waals surface area (Å²) < 4.78 is 64.6. The van der Waals surface area contributed by atoms with Crippen LogP contribution in [0.5, 0.6) is 0 Å². The molecule has 0 heterocycles. The first kappa shape index (κ1) is 43.0. The molecule has 0 radical (unpaired) electrons. The molecule has 264 valence electrons. The first-order valence-electron chi connectivity index (χ1n) is 16.0. The molecule has 2 N–H and O–H groups in total. The van der Waals surface area contributed by atoms with E-state index in [-0.39, 0.29) is 12.6 Å². The number of ether oxygens (including phenoxy) is 12. The Hall–Kier alpha value is -1.01. The Morgan fingerprint density at radius 2 is 0.636 bits per heavy atom. The number of nitrogens with two attached hydrogens (primary N) is 1. The van der Waals surface area contributed by atoms with Crippen molar-refractivity contribution in [1.29, 1.82) is 0 Å². The second-order valence-electron chi connectivity index (χ2n) is 9.20. The van der Waals surface area contributed by atoms with E-state index in [1.807, 2.05) is 0 Å². The zero-order valence-corrected chi connectivity index (χ0v) is 27.2. The van der Waals surface area contributed by atoms with E-state index in [2.05, 4.69) is 6.92 Å². The van der Waals surface area contributed by atoms with Crippen LogP contribution >= 0.6 is 0 Å². The van der Waals surface area contributed by atoms with Gasteiger partial charge in [-0.3, -0.25) is 4.79 Å². The van der Waals surface area contributed by atoms with Gasteiger partial charge in [-0.2, -0.15) is 0 Å². The van der Waals surface area contributed by atoms with Crippen LogP contribution in [0.1, 0.15) is 32.6 Å². The van der Waals surface area contributed by atoms with Crippen molar-refractivity contribution in [2.45, 2.75) is 32.6 Å². The fourth-order valence-corrected chi connectivity index (χ4v) is 3.19. The lowest BCUT2D eigenvalue weighted by Gasteiger charge is -2.09. The monoisotopic (exact) mass is 643 g/mol. The van der Waals surface area contributed by atoms with Gasteiger partial charge in [-0.1, -0.05) is 19.8 Å². The van der Waals surface area contributed by atoms with Crippen molar-refractivity contribution in [2.75, 3.05) is 159 Å². The summed E-state index contributed by atoms with van der Waals surface area (Å²) in [6.07, 6.45) is 3.49. The van der Waals surface area contributed by atoms with E-state index in [4.69, 9.17) is 62.6 Å². The number of hydrogen-bond donors (Lipinski definition) is 1. The molecule has 0 bridgehead atoms. The van der Waals surface area contributed by atoms with Crippen molar-refractivity contribution in [3.8, 4) is 0 Å². The van der Waals surface area contributed by atoms with Crippen LogP contribution in [0.15, 0.2) is 0 Å². The maximum Gasteiger partial charge on any atom is 0.305 e. The highest BCUT2D eigenvalue weighted by atomic mass is 16.6. The molecule has 0 rings (SSSR count). The highest BCUT2D eigenvalue weighted by Crippen LogP contribution is 2.00. The van der Waals surface area contributed by atoms with Gasteiger partial charge >= 0.3 is 5.97 Å². The Kier molecular flexibility index (Phi) is 39.1. The van der Waals surface area contributed by atoms with Crippen LogP contribution in [0.3, 0.4) is 0 Å². The molecule has 44 heavy (non-hydrogen) atoms. The number of unbranched alkanes of at least 4 members (excludes halogenated alkanes) is 2. The third-order valence-corrected chi connectivity index (χ3v) is 5.46. The molecular weight excluding hydrogens is 582 g/mol. The molecule has 0 amide bonds. The number of hydrogen-bond acceptors (Lipinski definition) is 14. The fraction of sp³-hybridized carbons (Fsp3) is 0.967. The minimum absolute atomic E-state index is 0.160. The van der Waals surface area contributed by atoms with Crippen LogP contribution < -0.4 is 5.73 Å². The Bertz CT molecular complexity index is 549. The molecule has 0 unspecified atom stereocenters. The van der Waals surface area contributed by atoms with E-state index in [1.54, 1.807) is 0 Å². The summed E-state index contributed by atoms with van der Waals surface area (Å²) in [4.78, 5) is 11.4. The van der Waals surface area contributed by atoms with Gasteiger partial charge in [-0.15, -0.1) is 0 Å². The maximum absolute atomic E-state index is 11.4. The molecule has 14 nitrogen and oxygen atoms in total. The average molecular weight is 644 g/mol. The average Bonchev–Trinajstić information content (AvgIpc) is 3.03. The Morgan fingerprint density at radius 3 is 0.886 bits per heavy atom. The van der Waals surface area contributed by atoms with Crippen LogP contribution in [-0.4, -0.2) is 164 Å². The van der Waals surface area contributed by atoms with E-state index in [0.717, 1.165) is 19.3 Å². The molecule has 0 saturated carbocycles. The third-order valence-electron chi connectivity index (χ3n) is 5.46. The minimum atomic E-state index is -0.160. The summed E-state index contributed by atoms with van der Waals surface area (Å²) in [6, 6.07) is 0. The van der Waals surface area contributed by atoms with Crippen LogP contribution in [0.2, 0.25) is 0 Å². The van der Waals surface area contributed by atoms with Gasteiger partial charge in [-0.25, -0.2) is 0 Å². The second kappa shape index (κ2) is 40.0. The fourth-order valence-electron chi connectivity index (χ4n) is 3.19. The maximum atomic E-state index is 11.4. The third kappa shape index (κ3) is 39.0. The summed E-state index contributed by atoms with van der Waals surface area (Å²) in [5.74, 6) is -0.160. The van der Waals surface area contributed by atoms with Crippen LogP contribution in [0.4, 0.5) is 0 Å².